The monoisotopic (exact) mass is 207 g/mol. The van der Waals surface area contributed by atoms with Crippen LogP contribution in [0.4, 0.5) is 4.39 Å². The average molecular weight is 207 g/mol. The molecule has 1 nitrogen and oxygen atoms in total. The fraction of sp³-hybridized carbons (Fsp3) is 0.538. The zero-order valence-corrected chi connectivity index (χ0v) is 9.17. The molecule has 0 heterocycles. The van der Waals surface area contributed by atoms with E-state index in [2.05, 4.69) is 12.2 Å². The fourth-order valence-electron chi connectivity index (χ4n) is 2.00. The van der Waals surface area contributed by atoms with Gasteiger partial charge in [-0.1, -0.05) is 25.5 Å². The summed E-state index contributed by atoms with van der Waals surface area (Å²) in [4.78, 5) is 0. The van der Waals surface area contributed by atoms with Gasteiger partial charge in [0.15, 0.2) is 0 Å². The Morgan fingerprint density at radius 3 is 2.47 bits per heavy atom. The Kier molecular flexibility index (Phi) is 3.37. The van der Waals surface area contributed by atoms with Crippen LogP contribution in [-0.4, -0.2) is 6.04 Å². The van der Waals surface area contributed by atoms with Gasteiger partial charge in [-0.25, -0.2) is 4.39 Å². The van der Waals surface area contributed by atoms with Crippen molar-refractivity contribution in [3.63, 3.8) is 0 Å². The van der Waals surface area contributed by atoms with Crippen LogP contribution in [0, 0.1) is 5.82 Å². The molecule has 0 spiro atoms. The second kappa shape index (κ2) is 4.75. The molecule has 0 radical (unpaired) electrons. The summed E-state index contributed by atoms with van der Waals surface area (Å²) < 4.78 is 12.8. The van der Waals surface area contributed by atoms with Gasteiger partial charge in [-0.3, -0.25) is 0 Å². The standard InChI is InChI=1S/C13H18FN/c1-2-13(15-12-4-3-5-12)10-6-8-11(14)9-7-10/h6-9,12-13,15H,2-5H2,1H3. The van der Waals surface area contributed by atoms with Gasteiger partial charge >= 0.3 is 0 Å². The molecular formula is C13H18FN. The first-order chi connectivity index (χ1) is 7.29. The van der Waals surface area contributed by atoms with Gasteiger partial charge in [0.1, 0.15) is 5.82 Å². The summed E-state index contributed by atoms with van der Waals surface area (Å²) in [6, 6.07) is 7.92. The van der Waals surface area contributed by atoms with E-state index in [0.29, 0.717) is 12.1 Å². The molecular weight excluding hydrogens is 189 g/mol. The van der Waals surface area contributed by atoms with Crippen molar-refractivity contribution in [3.05, 3.63) is 35.6 Å². The molecule has 1 aromatic carbocycles. The Balaban J connectivity index is 2.01. The van der Waals surface area contributed by atoms with E-state index >= 15 is 0 Å². The molecule has 0 aliphatic heterocycles. The minimum Gasteiger partial charge on any atom is -0.307 e. The van der Waals surface area contributed by atoms with Crippen LogP contribution in [-0.2, 0) is 0 Å². The number of halogens is 1. The predicted octanol–water partition coefficient (Wildman–Crippen LogP) is 3.42. The van der Waals surface area contributed by atoms with Crippen LogP contribution >= 0.6 is 0 Å². The molecule has 0 amide bonds. The zero-order valence-electron chi connectivity index (χ0n) is 9.17. The lowest BCUT2D eigenvalue weighted by molar-refractivity contribution is 0.301. The van der Waals surface area contributed by atoms with E-state index in [9.17, 15) is 4.39 Å². The van der Waals surface area contributed by atoms with Gasteiger partial charge in [-0.05, 0) is 37.0 Å². The summed E-state index contributed by atoms with van der Waals surface area (Å²) in [6.07, 6.45) is 4.98. The Morgan fingerprint density at radius 1 is 1.33 bits per heavy atom. The van der Waals surface area contributed by atoms with Crippen LogP contribution < -0.4 is 5.32 Å². The molecule has 1 aromatic rings. The number of hydrogen-bond acceptors (Lipinski definition) is 1. The minimum absolute atomic E-state index is 0.155. The highest BCUT2D eigenvalue weighted by atomic mass is 19.1. The summed E-state index contributed by atoms with van der Waals surface area (Å²) in [6.45, 7) is 2.17. The van der Waals surface area contributed by atoms with Crippen molar-refractivity contribution < 1.29 is 4.39 Å². The molecule has 0 bridgehead atoms. The molecule has 1 N–H and O–H groups in total. The van der Waals surface area contributed by atoms with E-state index in [1.807, 2.05) is 12.1 Å². The highest BCUT2D eigenvalue weighted by Crippen LogP contribution is 2.24. The van der Waals surface area contributed by atoms with E-state index in [1.165, 1.54) is 24.8 Å². The molecule has 1 fully saturated rings. The van der Waals surface area contributed by atoms with Crippen LogP contribution in [0.5, 0.6) is 0 Å². The maximum Gasteiger partial charge on any atom is 0.123 e. The average Bonchev–Trinajstić information content (AvgIpc) is 2.19. The molecule has 1 saturated carbocycles. The number of benzene rings is 1. The molecule has 2 heteroatoms. The Labute approximate surface area is 90.7 Å². The van der Waals surface area contributed by atoms with Gasteiger partial charge < -0.3 is 5.32 Å². The summed E-state index contributed by atoms with van der Waals surface area (Å²) in [5, 5.41) is 3.62. The zero-order chi connectivity index (χ0) is 10.7. The second-order valence-corrected chi connectivity index (χ2v) is 4.31. The largest absolute Gasteiger partial charge is 0.307 e. The van der Waals surface area contributed by atoms with Crippen molar-refractivity contribution in [2.75, 3.05) is 0 Å². The third kappa shape index (κ3) is 2.57. The van der Waals surface area contributed by atoms with E-state index in [4.69, 9.17) is 0 Å². The van der Waals surface area contributed by atoms with Crippen LogP contribution in [0.1, 0.15) is 44.2 Å². The maximum absolute atomic E-state index is 12.8. The highest BCUT2D eigenvalue weighted by molar-refractivity contribution is 5.20. The van der Waals surface area contributed by atoms with Crippen LogP contribution in [0.25, 0.3) is 0 Å². The van der Waals surface area contributed by atoms with Crippen LogP contribution in [0.2, 0.25) is 0 Å². The van der Waals surface area contributed by atoms with E-state index < -0.39 is 0 Å². The van der Waals surface area contributed by atoms with Crippen molar-refractivity contribution in [2.24, 2.45) is 0 Å². The summed E-state index contributed by atoms with van der Waals surface area (Å²) in [5.41, 5.74) is 1.20. The summed E-state index contributed by atoms with van der Waals surface area (Å²) >= 11 is 0. The number of rotatable bonds is 4. The lowest BCUT2D eigenvalue weighted by Gasteiger charge is -2.31. The molecule has 1 unspecified atom stereocenters. The molecule has 2 rings (SSSR count). The molecule has 15 heavy (non-hydrogen) atoms. The molecule has 0 aromatic heterocycles. The Morgan fingerprint density at radius 2 is 2.00 bits per heavy atom. The van der Waals surface area contributed by atoms with E-state index in [0.717, 1.165) is 6.42 Å². The molecule has 1 aliphatic rings. The van der Waals surface area contributed by atoms with Gasteiger partial charge in [-0.2, -0.15) is 0 Å². The molecule has 1 atom stereocenters. The Bertz CT molecular complexity index is 303. The van der Waals surface area contributed by atoms with E-state index in [1.54, 1.807) is 12.1 Å². The van der Waals surface area contributed by atoms with Gasteiger partial charge in [0.25, 0.3) is 0 Å². The Hall–Kier alpha value is -0.890. The molecule has 82 valence electrons. The molecule has 1 aliphatic carbocycles. The van der Waals surface area contributed by atoms with Gasteiger partial charge in [0.05, 0.1) is 0 Å². The van der Waals surface area contributed by atoms with Crippen molar-refractivity contribution in [3.8, 4) is 0 Å². The maximum atomic E-state index is 12.8. The first-order valence-corrected chi connectivity index (χ1v) is 5.81. The van der Waals surface area contributed by atoms with Gasteiger partial charge in [-0.15, -0.1) is 0 Å². The number of nitrogens with one attached hydrogen (secondary N) is 1. The topological polar surface area (TPSA) is 12.0 Å². The van der Waals surface area contributed by atoms with Crippen LogP contribution in [0.15, 0.2) is 24.3 Å². The third-order valence-corrected chi connectivity index (χ3v) is 3.22. The smallest absolute Gasteiger partial charge is 0.123 e. The first kappa shape index (κ1) is 10.6. The van der Waals surface area contributed by atoms with Crippen molar-refractivity contribution in [1.82, 2.24) is 5.32 Å². The van der Waals surface area contributed by atoms with E-state index in [-0.39, 0.29) is 5.82 Å². The van der Waals surface area contributed by atoms with Gasteiger partial charge in [0, 0.05) is 12.1 Å². The fourth-order valence-corrected chi connectivity index (χ4v) is 2.00. The summed E-state index contributed by atoms with van der Waals surface area (Å²) in [7, 11) is 0. The first-order valence-electron chi connectivity index (χ1n) is 5.81. The second-order valence-electron chi connectivity index (χ2n) is 4.31. The van der Waals surface area contributed by atoms with Crippen LogP contribution in [0.3, 0.4) is 0 Å². The van der Waals surface area contributed by atoms with Crippen molar-refractivity contribution >= 4 is 0 Å². The highest BCUT2D eigenvalue weighted by Gasteiger charge is 2.20. The van der Waals surface area contributed by atoms with Crippen molar-refractivity contribution in [2.45, 2.75) is 44.7 Å². The lowest BCUT2D eigenvalue weighted by Crippen LogP contribution is -2.37. The lowest BCUT2D eigenvalue weighted by atomic mass is 9.91. The quantitative estimate of drug-likeness (QED) is 0.797. The third-order valence-electron chi connectivity index (χ3n) is 3.22. The predicted molar refractivity (Wildman–Crippen MR) is 60.2 cm³/mol. The molecule has 0 saturated heterocycles. The van der Waals surface area contributed by atoms with Crippen molar-refractivity contribution in [1.29, 1.82) is 0 Å². The number of hydrogen-bond donors (Lipinski definition) is 1. The summed E-state index contributed by atoms with van der Waals surface area (Å²) in [5.74, 6) is -0.155. The normalized spacial score (nSPS) is 18.5. The minimum atomic E-state index is -0.155. The van der Waals surface area contributed by atoms with Gasteiger partial charge in [0.2, 0.25) is 0 Å². The SMILES string of the molecule is CCC(NC1CCC1)c1ccc(F)cc1.